The molecule has 0 radical (unpaired) electrons. The third kappa shape index (κ3) is 50.9. The van der Waals surface area contributed by atoms with E-state index in [1.54, 1.807) is 4.94 Å². The van der Waals surface area contributed by atoms with Crippen molar-refractivity contribution in [2.45, 2.75) is 69.5 Å². The highest BCUT2D eigenvalue weighted by molar-refractivity contribution is 4.68. The maximum absolute atomic E-state index is 11.6. The van der Waals surface area contributed by atoms with Crippen LogP contribution in [-0.4, -0.2) is 63.0 Å². The number of halogens is 24. The predicted octanol–water partition coefficient (Wildman–Crippen LogP) is 10.3. The predicted molar refractivity (Wildman–Crippen MR) is 85.2 cm³/mol. The van der Waals surface area contributed by atoms with E-state index in [4.69, 9.17) is 0 Å². The topological polar surface area (TPSA) is 36.9 Å². The fraction of sp³-hybridized carbons (Fsp3) is 1.00. The van der Waals surface area contributed by atoms with Crippen LogP contribution in [0.4, 0.5) is 106 Å². The Balaban J connectivity index is -0.0000000951. The van der Waals surface area contributed by atoms with Crippen molar-refractivity contribution < 1.29 is 126 Å². The molecule has 0 aliphatic carbocycles. The van der Waals surface area contributed by atoms with Crippen LogP contribution in [0.2, 0.25) is 0 Å². The Morgan fingerprint density at radius 3 is 0.833 bits per heavy atom. The zero-order valence-corrected chi connectivity index (χ0v) is 19.7. The van der Waals surface area contributed by atoms with Crippen LogP contribution in [0.5, 0.6) is 0 Å². The van der Waals surface area contributed by atoms with E-state index in [1.807, 2.05) is 9.88 Å². The van der Waals surface area contributed by atoms with Crippen LogP contribution in [0.25, 0.3) is 0 Å². The van der Waals surface area contributed by atoms with E-state index in [0.717, 1.165) is 6.92 Å². The second-order valence-corrected chi connectivity index (χ2v) is 5.78. The van der Waals surface area contributed by atoms with Crippen molar-refractivity contribution in [2.75, 3.05) is 20.2 Å². The molecule has 0 aromatic carbocycles. The van der Waals surface area contributed by atoms with Crippen molar-refractivity contribution in [3.63, 3.8) is 0 Å². The summed E-state index contributed by atoms with van der Waals surface area (Å²) in [7, 11) is 0. The van der Waals surface area contributed by atoms with E-state index in [0.29, 0.717) is 0 Å². The molecule has 0 fully saturated rings. The molecule has 1 atom stereocenters. The van der Waals surface area contributed by atoms with Crippen molar-refractivity contribution in [3.05, 3.63) is 0 Å². The fourth-order valence-corrected chi connectivity index (χ4v) is 0.387. The lowest BCUT2D eigenvalue weighted by molar-refractivity contribution is -0.393. The number of hydrogen-bond acceptors (Lipinski definition) is 4. The fourth-order valence-electron chi connectivity index (χ4n) is 0.387. The molecule has 0 saturated heterocycles. The lowest BCUT2D eigenvalue weighted by Gasteiger charge is -2.17. The van der Waals surface area contributed by atoms with E-state index in [2.05, 4.69) is 4.94 Å². The molecule has 4 nitrogen and oxygen atoms in total. The molecule has 0 saturated carbocycles. The van der Waals surface area contributed by atoms with Crippen LogP contribution in [0.15, 0.2) is 0 Å². The Morgan fingerprint density at radius 2 is 0.810 bits per heavy atom. The van der Waals surface area contributed by atoms with E-state index in [1.165, 1.54) is 0 Å². The molecule has 0 rings (SSSR count). The molecule has 0 heterocycles. The highest BCUT2D eigenvalue weighted by Gasteiger charge is 2.55. The molecular formula is C14H16F24O4. The van der Waals surface area contributed by atoms with Gasteiger partial charge in [-0.2, -0.15) is 79.6 Å². The summed E-state index contributed by atoms with van der Waals surface area (Å²) in [5.74, 6) is -4.19. The van der Waals surface area contributed by atoms with Crippen LogP contribution < -0.4 is 0 Å². The van der Waals surface area contributed by atoms with Gasteiger partial charge >= 0.3 is 42.8 Å². The third-order valence-electron chi connectivity index (χ3n) is 2.06. The SMILES string of the molecule is CC(F)(OF)C(F)(F)F.CCC(F)(F)F.FCC(F)(F)OF.FCF.FOC(F)(F)CC(F)(F)F.FOCC(F)(F)F. The summed E-state index contributed by atoms with van der Waals surface area (Å²) in [5, 5.41) is 0. The first-order valence-corrected chi connectivity index (χ1v) is 8.76. The van der Waals surface area contributed by atoms with Crippen LogP contribution in [0.3, 0.4) is 0 Å². The van der Waals surface area contributed by atoms with E-state index in [9.17, 15) is 106 Å². The highest BCUT2D eigenvalue weighted by Crippen LogP contribution is 2.34. The molecule has 42 heavy (non-hydrogen) atoms. The van der Waals surface area contributed by atoms with Gasteiger partial charge in [0, 0.05) is 13.3 Å². The first kappa shape index (κ1) is 52.8. The minimum absolute atomic E-state index is 0.0625. The first-order chi connectivity index (χ1) is 18.2. The maximum Gasteiger partial charge on any atom is 0.451 e. The minimum Gasteiger partial charge on any atom is -0.241 e. The lowest BCUT2D eigenvalue weighted by atomic mass is 10.4. The van der Waals surface area contributed by atoms with Gasteiger partial charge in [0.25, 0.3) is 0 Å². The van der Waals surface area contributed by atoms with Crippen molar-refractivity contribution in [2.24, 2.45) is 0 Å². The molecule has 0 aliphatic heterocycles. The Labute approximate surface area is 217 Å². The number of hydrogen-bond donors (Lipinski definition) is 0. The Bertz CT molecular complexity index is 578. The molecule has 0 amide bonds. The summed E-state index contributed by atoms with van der Waals surface area (Å²) in [6, 6.07) is 0. The quantitative estimate of drug-likeness (QED) is 0.258. The second-order valence-electron chi connectivity index (χ2n) is 5.78. The molecule has 0 N–H and O–H groups in total. The molecule has 0 aromatic rings. The summed E-state index contributed by atoms with van der Waals surface area (Å²) in [6.07, 6.45) is -31.3. The van der Waals surface area contributed by atoms with Gasteiger partial charge in [-0.05, 0) is 18.1 Å². The summed E-state index contributed by atoms with van der Waals surface area (Å²) >= 11 is 0. The van der Waals surface area contributed by atoms with Gasteiger partial charge < -0.3 is 0 Å². The minimum atomic E-state index is -5.32. The van der Waals surface area contributed by atoms with Gasteiger partial charge in [-0.15, -0.1) is 14.8 Å². The number of rotatable bonds is 6. The van der Waals surface area contributed by atoms with Crippen molar-refractivity contribution in [3.8, 4) is 0 Å². The molecule has 0 aromatic heterocycles. The molecule has 28 heteroatoms. The smallest absolute Gasteiger partial charge is 0.241 e. The van der Waals surface area contributed by atoms with Gasteiger partial charge in [-0.25, -0.2) is 13.2 Å². The van der Waals surface area contributed by atoms with E-state index in [-0.39, 0.29) is 6.92 Å². The van der Waals surface area contributed by atoms with Gasteiger partial charge in [0.05, 0.1) is 0 Å². The van der Waals surface area contributed by atoms with Crippen LogP contribution >= 0.6 is 0 Å². The van der Waals surface area contributed by atoms with Crippen molar-refractivity contribution in [1.29, 1.82) is 0 Å². The second kappa shape index (κ2) is 23.6. The normalized spacial score (nSPS) is 13.6. The molecule has 1 unspecified atom stereocenters. The average Bonchev–Trinajstić information content (AvgIpc) is 2.78. The average molecular weight is 704 g/mol. The van der Waals surface area contributed by atoms with Gasteiger partial charge in [-0.1, -0.05) is 6.92 Å². The van der Waals surface area contributed by atoms with Gasteiger partial charge in [0.2, 0.25) is 6.93 Å². The molecule has 0 aliphatic rings. The highest BCUT2D eigenvalue weighted by atomic mass is 19.4. The zero-order valence-electron chi connectivity index (χ0n) is 19.7. The van der Waals surface area contributed by atoms with Crippen LogP contribution in [-0.2, 0) is 19.8 Å². The Kier molecular flexibility index (Phi) is 29.7. The van der Waals surface area contributed by atoms with Crippen molar-refractivity contribution >= 4 is 0 Å². The molecule has 0 bridgehead atoms. The largest absolute Gasteiger partial charge is 0.451 e. The van der Waals surface area contributed by atoms with Crippen LogP contribution in [0, 0.1) is 0 Å². The summed E-state index contributed by atoms with van der Waals surface area (Å²) in [6.45, 7) is -4.69. The monoisotopic (exact) mass is 704 g/mol. The third-order valence-corrected chi connectivity index (χ3v) is 2.06. The Morgan fingerprint density at radius 1 is 0.500 bits per heavy atom. The molecule has 264 valence electrons. The maximum atomic E-state index is 11.6. The standard InChI is InChI=1S/C3H2F6O.C3H3F5O.C3H5F3.2C2H2F4O.CH2F2/c4-2(5,6)1-3(7,8)10-9;1-2(4,9-8)3(5,6)7;1-2-3(4,5)6;3-2(4,5)1-7-6;3-1-2(4,5)7-6;2-1-3/h1H2;1H3;2H2,1H3;2*1H2;1H2. The number of alkyl halides is 20. The summed E-state index contributed by atoms with van der Waals surface area (Å²) in [5.41, 5.74) is 0. The molecule has 0 spiro atoms. The summed E-state index contributed by atoms with van der Waals surface area (Å²) < 4.78 is 259. The Hall–Kier alpha value is -1.84. The van der Waals surface area contributed by atoms with Gasteiger partial charge in [0.15, 0.2) is 13.3 Å². The lowest BCUT2D eigenvalue weighted by Crippen LogP contribution is -2.38. The zero-order chi connectivity index (χ0) is 35.9. The van der Waals surface area contributed by atoms with E-state index < -0.39 is 75.8 Å². The first-order valence-electron chi connectivity index (χ1n) is 8.76. The van der Waals surface area contributed by atoms with Gasteiger partial charge in [0.1, 0.15) is 6.42 Å². The molecular weight excluding hydrogens is 688 g/mol. The van der Waals surface area contributed by atoms with Crippen LogP contribution in [0.1, 0.15) is 26.7 Å². The summed E-state index contributed by atoms with van der Waals surface area (Å²) in [4.78, 5) is 7.93. The van der Waals surface area contributed by atoms with E-state index >= 15 is 0 Å². The van der Waals surface area contributed by atoms with Gasteiger partial charge in [-0.3, -0.25) is 0 Å². The van der Waals surface area contributed by atoms with Crippen molar-refractivity contribution in [1.82, 2.24) is 0 Å².